The van der Waals surface area contributed by atoms with Crippen molar-refractivity contribution >= 4 is 0 Å². The van der Waals surface area contributed by atoms with Crippen LogP contribution in [0.2, 0.25) is 0 Å². The van der Waals surface area contributed by atoms with Gasteiger partial charge in [-0.2, -0.15) is 0 Å². The molecule has 1 aliphatic carbocycles. The first-order chi connectivity index (χ1) is 8.20. The van der Waals surface area contributed by atoms with Gasteiger partial charge in [0.2, 0.25) is 0 Å². The van der Waals surface area contributed by atoms with E-state index in [0.29, 0.717) is 17.6 Å². The van der Waals surface area contributed by atoms with Crippen molar-refractivity contribution in [1.29, 1.82) is 0 Å². The molecule has 0 bridgehead atoms. The summed E-state index contributed by atoms with van der Waals surface area (Å²) in [5.74, 6) is 0.391. The summed E-state index contributed by atoms with van der Waals surface area (Å²) in [6.07, 6.45) is 3.38. The number of hydrogen-bond donors (Lipinski definition) is 1. The van der Waals surface area contributed by atoms with Gasteiger partial charge in [0, 0.05) is 18.2 Å². The van der Waals surface area contributed by atoms with Crippen molar-refractivity contribution in [2.75, 3.05) is 6.61 Å². The first kappa shape index (κ1) is 12.5. The van der Waals surface area contributed by atoms with E-state index in [0.717, 1.165) is 25.9 Å². The molecule has 0 spiro atoms. The summed E-state index contributed by atoms with van der Waals surface area (Å²) in [5.41, 5.74) is 6.68. The third-order valence-electron chi connectivity index (χ3n) is 3.49. The lowest BCUT2D eigenvalue weighted by atomic mass is 9.77. The van der Waals surface area contributed by atoms with Crippen LogP contribution in [0.3, 0.4) is 0 Å². The normalized spacial score (nSPS) is 25.4. The fourth-order valence-corrected chi connectivity index (χ4v) is 2.50. The highest BCUT2D eigenvalue weighted by molar-refractivity contribution is 5.20. The molecule has 1 aromatic rings. The van der Waals surface area contributed by atoms with Crippen molar-refractivity contribution in [3.8, 4) is 0 Å². The fourth-order valence-electron chi connectivity index (χ4n) is 2.50. The molecule has 1 aliphatic rings. The molecule has 2 nitrogen and oxygen atoms in total. The Morgan fingerprint density at radius 1 is 1.41 bits per heavy atom. The van der Waals surface area contributed by atoms with E-state index in [9.17, 15) is 4.39 Å². The van der Waals surface area contributed by atoms with Gasteiger partial charge in [-0.1, -0.05) is 18.2 Å². The van der Waals surface area contributed by atoms with E-state index in [4.69, 9.17) is 10.5 Å². The highest BCUT2D eigenvalue weighted by atomic mass is 19.1. The maximum absolute atomic E-state index is 13.5. The minimum atomic E-state index is -0.194. The third kappa shape index (κ3) is 3.05. The predicted molar refractivity (Wildman–Crippen MR) is 66.1 cm³/mol. The van der Waals surface area contributed by atoms with Gasteiger partial charge in [0.25, 0.3) is 0 Å². The van der Waals surface area contributed by atoms with Crippen LogP contribution in [0.15, 0.2) is 24.3 Å². The summed E-state index contributed by atoms with van der Waals surface area (Å²) < 4.78 is 19.0. The van der Waals surface area contributed by atoms with Crippen molar-refractivity contribution in [2.45, 2.75) is 38.3 Å². The highest BCUT2D eigenvalue weighted by Gasteiger charge is 2.31. The standard InChI is InChI=1S/C14H20FNO/c1-2-17-11-7-10(8-11)9-14(16)12-5-3-4-6-13(12)15/h3-6,10-11,14H,2,7-9,16H2,1H3. The molecule has 0 amide bonds. The monoisotopic (exact) mass is 237 g/mol. The van der Waals surface area contributed by atoms with Gasteiger partial charge in [0.1, 0.15) is 5.82 Å². The van der Waals surface area contributed by atoms with Gasteiger partial charge in [-0.05, 0) is 38.2 Å². The zero-order chi connectivity index (χ0) is 12.3. The molecule has 1 unspecified atom stereocenters. The molecule has 0 saturated heterocycles. The van der Waals surface area contributed by atoms with Crippen molar-refractivity contribution in [1.82, 2.24) is 0 Å². The van der Waals surface area contributed by atoms with Gasteiger partial charge < -0.3 is 10.5 Å². The van der Waals surface area contributed by atoms with Crippen LogP contribution in [-0.4, -0.2) is 12.7 Å². The van der Waals surface area contributed by atoms with Gasteiger partial charge in [-0.15, -0.1) is 0 Å². The second kappa shape index (κ2) is 5.61. The molecule has 94 valence electrons. The molecule has 1 atom stereocenters. The van der Waals surface area contributed by atoms with Crippen molar-refractivity contribution < 1.29 is 9.13 Å². The van der Waals surface area contributed by atoms with Crippen LogP contribution >= 0.6 is 0 Å². The zero-order valence-electron chi connectivity index (χ0n) is 10.2. The van der Waals surface area contributed by atoms with Crippen LogP contribution in [0.5, 0.6) is 0 Å². The molecule has 0 radical (unpaired) electrons. The Morgan fingerprint density at radius 3 is 2.76 bits per heavy atom. The summed E-state index contributed by atoms with van der Waals surface area (Å²) in [5, 5.41) is 0. The Morgan fingerprint density at radius 2 is 2.12 bits per heavy atom. The molecule has 1 aromatic carbocycles. The van der Waals surface area contributed by atoms with E-state index < -0.39 is 0 Å². The molecular weight excluding hydrogens is 217 g/mol. The molecule has 0 aromatic heterocycles. The number of rotatable bonds is 5. The number of nitrogens with two attached hydrogens (primary N) is 1. The molecule has 2 N–H and O–H groups in total. The van der Waals surface area contributed by atoms with Crippen molar-refractivity contribution in [2.24, 2.45) is 11.7 Å². The Hall–Kier alpha value is -0.930. The van der Waals surface area contributed by atoms with Crippen LogP contribution in [0.4, 0.5) is 4.39 Å². The molecule has 0 aliphatic heterocycles. The van der Waals surface area contributed by atoms with Gasteiger partial charge in [0.05, 0.1) is 6.10 Å². The predicted octanol–water partition coefficient (Wildman–Crippen LogP) is 3.03. The van der Waals surface area contributed by atoms with Crippen molar-refractivity contribution in [3.05, 3.63) is 35.6 Å². The average Bonchev–Trinajstić information content (AvgIpc) is 2.26. The van der Waals surface area contributed by atoms with Crippen LogP contribution in [0.25, 0.3) is 0 Å². The first-order valence-corrected chi connectivity index (χ1v) is 6.32. The number of benzene rings is 1. The first-order valence-electron chi connectivity index (χ1n) is 6.32. The van der Waals surface area contributed by atoms with E-state index in [-0.39, 0.29) is 11.9 Å². The summed E-state index contributed by atoms with van der Waals surface area (Å²) in [4.78, 5) is 0. The zero-order valence-corrected chi connectivity index (χ0v) is 10.2. The van der Waals surface area contributed by atoms with Gasteiger partial charge in [-0.25, -0.2) is 4.39 Å². The Labute approximate surface area is 102 Å². The summed E-state index contributed by atoms with van der Waals surface area (Å²) in [6.45, 7) is 2.79. The molecule has 17 heavy (non-hydrogen) atoms. The van der Waals surface area contributed by atoms with Gasteiger partial charge >= 0.3 is 0 Å². The number of halogens is 1. The summed E-state index contributed by atoms with van der Waals surface area (Å²) >= 11 is 0. The van der Waals surface area contributed by atoms with Crippen LogP contribution in [0.1, 0.15) is 37.8 Å². The molecular formula is C14H20FNO. The average molecular weight is 237 g/mol. The number of ether oxygens (including phenoxy) is 1. The Bertz CT molecular complexity index is 363. The molecule has 2 rings (SSSR count). The molecule has 0 heterocycles. The number of hydrogen-bond acceptors (Lipinski definition) is 2. The minimum absolute atomic E-state index is 0.191. The lowest BCUT2D eigenvalue weighted by molar-refractivity contribution is -0.0282. The highest BCUT2D eigenvalue weighted by Crippen LogP contribution is 2.36. The SMILES string of the molecule is CCOC1CC(CC(N)c2ccccc2F)C1. The minimum Gasteiger partial charge on any atom is -0.378 e. The van der Waals surface area contributed by atoms with Crippen LogP contribution < -0.4 is 5.73 Å². The molecule has 1 saturated carbocycles. The molecule has 3 heteroatoms. The van der Waals surface area contributed by atoms with E-state index in [1.165, 1.54) is 6.07 Å². The smallest absolute Gasteiger partial charge is 0.127 e. The van der Waals surface area contributed by atoms with Crippen molar-refractivity contribution in [3.63, 3.8) is 0 Å². The topological polar surface area (TPSA) is 35.2 Å². The van der Waals surface area contributed by atoms with Gasteiger partial charge in [0.15, 0.2) is 0 Å². The quantitative estimate of drug-likeness (QED) is 0.854. The third-order valence-corrected chi connectivity index (χ3v) is 3.49. The van der Waals surface area contributed by atoms with Crippen LogP contribution in [0, 0.1) is 11.7 Å². The lowest BCUT2D eigenvalue weighted by Crippen LogP contribution is -2.33. The van der Waals surface area contributed by atoms with E-state index >= 15 is 0 Å². The van der Waals surface area contributed by atoms with Crippen LogP contribution in [-0.2, 0) is 4.74 Å². The maximum atomic E-state index is 13.5. The second-order valence-corrected chi connectivity index (χ2v) is 4.78. The molecule has 1 fully saturated rings. The van der Waals surface area contributed by atoms with E-state index in [1.54, 1.807) is 12.1 Å². The lowest BCUT2D eigenvalue weighted by Gasteiger charge is -2.36. The van der Waals surface area contributed by atoms with E-state index in [1.807, 2.05) is 13.0 Å². The Balaban J connectivity index is 1.83. The fraction of sp³-hybridized carbons (Fsp3) is 0.571. The maximum Gasteiger partial charge on any atom is 0.127 e. The van der Waals surface area contributed by atoms with E-state index in [2.05, 4.69) is 0 Å². The second-order valence-electron chi connectivity index (χ2n) is 4.78. The largest absolute Gasteiger partial charge is 0.378 e. The summed E-state index contributed by atoms with van der Waals surface area (Å²) in [7, 11) is 0. The van der Waals surface area contributed by atoms with Gasteiger partial charge in [-0.3, -0.25) is 0 Å². The Kier molecular flexibility index (Phi) is 4.13. The summed E-state index contributed by atoms with van der Waals surface area (Å²) in [6, 6.07) is 6.59.